The van der Waals surface area contributed by atoms with E-state index >= 15 is 0 Å². The van der Waals surface area contributed by atoms with Crippen LogP contribution in [0.15, 0.2) is 30.3 Å². The van der Waals surface area contributed by atoms with E-state index in [4.69, 9.17) is 15.3 Å². The van der Waals surface area contributed by atoms with Gasteiger partial charge in [-0.25, -0.2) is 9.59 Å². The molecule has 0 aliphatic rings. The van der Waals surface area contributed by atoms with E-state index in [-0.39, 0.29) is 13.0 Å². The molecule has 3 N–H and O–H groups in total. The van der Waals surface area contributed by atoms with Gasteiger partial charge in [-0.15, -0.1) is 0 Å². The number of carbonyl (C=O) groups is 2. The lowest BCUT2D eigenvalue weighted by Gasteiger charge is -2.25. The zero-order chi connectivity index (χ0) is 16.4. The fraction of sp³-hybridized carbons (Fsp3) is 0.467. The molecule has 0 bridgehead atoms. The molecule has 1 amide bonds. The molecule has 7 heteroatoms. The molecule has 7 nitrogen and oxygen atoms in total. The fourth-order valence-corrected chi connectivity index (χ4v) is 1.94. The van der Waals surface area contributed by atoms with E-state index in [2.05, 4.69) is 0 Å². The van der Waals surface area contributed by atoms with Crippen LogP contribution in [0.25, 0.3) is 0 Å². The van der Waals surface area contributed by atoms with Crippen LogP contribution < -0.4 is 5.73 Å². The number of carboxylic acid groups (broad SMARTS) is 1. The lowest BCUT2D eigenvalue weighted by atomic mass is 10.1. The summed E-state index contributed by atoms with van der Waals surface area (Å²) in [6, 6.07) is 8.01. The number of hydrogen-bond acceptors (Lipinski definition) is 5. The number of nitrogens with two attached hydrogens (primary N) is 1. The Balaban J connectivity index is 2.61. The van der Waals surface area contributed by atoms with Gasteiger partial charge in [0.2, 0.25) is 0 Å². The number of rotatable bonds is 9. The first-order valence-electron chi connectivity index (χ1n) is 7.07. The minimum absolute atomic E-state index is 0.0503. The molecule has 0 spiro atoms. The van der Waals surface area contributed by atoms with Crippen LogP contribution >= 0.6 is 0 Å². The quantitative estimate of drug-likeness (QED) is 0.532. The summed E-state index contributed by atoms with van der Waals surface area (Å²) in [5, 5.41) is 10.00. The molecule has 1 rings (SSSR count). The minimum atomic E-state index is -1.14. The highest BCUT2D eigenvalue weighted by Gasteiger charge is 2.31. The fourth-order valence-electron chi connectivity index (χ4n) is 1.94. The summed E-state index contributed by atoms with van der Waals surface area (Å²) in [4.78, 5) is 28.2. The molecule has 0 heterocycles. The Morgan fingerprint density at radius 2 is 1.95 bits per heavy atom. The summed E-state index contributed by atoms with van der Waals surface area (Å²) in [6.07, 6.45) is 0.687. The second kappa shape index (κ2) is 9.75. The maximum Gasteiger partial charge on any atom is 0.435 e. The molecule has 0 fully saturated rings. The number of nitrogens with zero attached hydrogens (tertiary/aromatic N) is 1. The number of hydrogen-bond donors (Lipinski definition) is 2. The first-order valence-corrected chi connectivity index (χ1v) is 7.07. The Kier molecular flexibility index (Phi) is 7.95. The molecule has 0 unspecified atom stereocenters. The summed E-state index contributed by atoms with van der Waals surface area (Å²) in [5.74, 6) is -1.14. The van der Waals surface area contributed by atoms with E-state index in [1.807, 2.05) is 18.2 Å². The summed E-state index contributed by atoms with van der Waals surface area (Å²) in [5.41, 5.74) is 6.19. The van der Waals surface area contributed by atoms with Crippen molar-refractivity contribution in [2.24, 2.45) is 5.73 Å². The van der Waals surface area contributed by atoms with Gasteiger partial charge >= 0.3 is 12.1 Å². The highest BCUT2D eigenvalue weighted by molar-refractivity contribution is 5.79. The van der Waals surface area contributed by atoms with Gasteiger partial charge in [0.15, 0.2) is 6.04 Å². The Labute approximate surface area is 129 Å². The number of carboxylic acids is 1. The maximum atomic E-state index is 12.0. The third-order valence-electron chi connectivity index (χ3n) is 3.08. The Hall–Kier alpha value is -2.12. The van der Waals surface area contributed by atoms with Gasteiger partial charge in [-0.1, -0.05) is 30.3 Å². The van der Waals surface area contributed by atoms with Gasteiger partial charge in [-0.05, 0) is 31.4 Å². The summed E-state index contributed by atoms with van der Waals surface area (Å²) >= 11 is 0. The van der Waals surface area contributed by atoms with E-state index in [1.165, 1.54) is 7.11 Å². The predicted octanol–water partition coefficient (Wildman–Crippen LogP) is 1.77. The molecule has 22 heavy (non-hydrogen) atoms. The van der Waals surface area contributed by atoms with Gasteiger partial charge in [0.05, 0.1) is 7.11 Å². The molecular formula is C15H22N2O5. The van der Waals surface area contributed by atoms with Crippen LogP contribution in [0.1, 0.15) is 24.8 Å². The average Bonchev–Trinajstić information content (AvgIpc) is 2.53. The van der Waals surface area contributed by atoms with Gasteiger partial charge in [-0.3, -0.25) is 4.84 Å². The number of aliphatic carboxylic acids is 1. The van der Waals surface area contributed by atoms with Crippen molar-refractivity contribution in [1.82, 2.24) is 5.06 Å². The number of ether oxygens (including phenoxy) is 1. The van der Waals surface area contributed by atoms with Crippen molar-refractivity contribution in [2.45, 2.75) is 31.9 Å². The topological polar surface area (TPSA) is 102 Å². The molecule has 0 aliphatic heterocycles. The standard InChI is InChI=1S/C15H22N2O5/c1-21-17(13(14(18)19)9-5-6-10-16)15(20)22-11-12-7-3-2-4-8-12/h2-4,7-8,13H,5-6,9-11,16H2,1H3,(H,18,19)/t13-/m0/s1. The second-order valence-corrected chi connectivity index (χ2v) is 4.69. The zero-order valence-electron chi connectivity index (χ0n) is 12.6. The van der Waals surface area contributed by atoms with Crippen molar-refractivity contribution >= 4 is 12.1 Å². The normalized spacial score (nSPS) is 11.7. The molecule has 0 saturated carbocycles. The number of benzene rings is 1. The third-order valence-corrected chi connectivity index (χ3v) is 3.08. The highest BCUT2D eigenvalue weighted by atomic mass is 16.7. The third kappa shape index (κ3) is 5.71. The Morgan fingerprint density at radius 1 is 1.27 bits per heavy atom. The predicted molar refractivity (Wildman–Crippen MR) is 79.8 cm³/mol. The van der Waals surface area contributed by atoms with Gasteiger partial charge in [0.1, 0.15) is 6.61 Å². The smallest absolute Gasteiger partial charge is 0.435 e. The Morgan fingerprint density at radius 3 is 2.50 bits per heavy atom. The van der Waals surface area contributed by atoms with Crippen LogP contribution in [-0.2, 0) is 21.0 Å². The SMILES string of the molecule is CON(C(=O)OCc1ccccc1)[C@@H](CCCCN)C(=O)O. The largest absolute Gasteiger partial charge is 0.480 e. The zero-order valence-corrected chi connectivity index (χ0v) is 12.6. The first-order chi connectivity index (χ1) is 10.6. The monoisotopic (exact) mass is 310 g/mol. The number of unbranched alkanes of at least 4 members (excludes halogenated alkanes) is 1. The van der Waals surface area contributed by atoms with E-state index in [0.717, 1.165) is 10.6 Å². The number of amides is 1. The molecule has 0 radical (unpaired) electrons. The molecule has 0 aromatic heterocycles. The van der Waals surface area contributed by atoms with E-state index in [9.17, 15) is 14.7 Å². The van der Waals surface area contributed by atoms with Crippen molar-refractivity contribution in [3.63, 3.8) is 0 Å². The van der Waals surface area contributed by atoms with E-state index < -0.39 is 18.1 Å². The Bertz CT molecular complexity index is 466. The summed E-state index contributed by atoms with van der Waals surface area (Å²) < 4.78 is 5.09. The molecule has 0 aliphatic carbocycles. The average molecular weight is 310 g/mol. The molecular weight excluding hydrogens is 288 g/mol. The van der Waals surface area contributed by atoms with Crippen molar-refractivity contribution in [3.05, 3.63) is 35.9 Å². The molecule has 1 aromatic rings. The van der Waals surface area contributed by atoms with Crippen LogP contribution in [0.3, 0.4) is 0 Å². The van der Waals surface area contributed by atoms with Crippen molar-refractivity contribution < 1.29 is 24.3 Å². The molecule has 1 aromatic carbocycles. The van der Waals surface area contributed by atoms with Crippen molar-refractivity contribution in [2.75, 3.05) is 13.7 Å². The van der Waals surface area contributed by atoms with E-state index in [1.54, 1.807) is 12.1 Å². The van der Waals surface area contributed by atoms with E-state index in [0.29, 0.717) is 19.4 Å². The van der Waals surface area contributed by atoms with Crippen molar-refractivity contribution in [1.29, 1.82) is 0 Å². The van der Waals surface area contributed by atoms with Crippen LogP contribution in [0.5, 0.6) is 0 Å². The number of carbonyl (C=O) groups excluding carboxylic acids is 1. The van der Waals surface area contributed by atoms with Crippen LogP contribution in [0.4, 0.5) is 4.79 Å². The van der Waals surface area contributed by atoms with Crippen molar-refractivity contribution in [3.8, 4) is 0 Å². The summed E-state index contributed by atoms with van der Waals surface area (Å²) in [6.45, 7) is 0.520. The van der Waals surface area contributed by atoms with Crippen LogP contribution in [0.2, 0.25) is 0 Å². The van der Waals surface area contributed by atoms with Gasteiger partial charge < -0.3 is 15.6 Å². The minimum Gasteiger partial charge on any atom is -0.480 e. The molecule has 0 saturated heterocycles. The van der Waals surface area contributed by atoms with Gasteiger partial charge in [0, 0.05) is 0 Å². The van der Waals surface area contributed by atoms with Crippen LogP contribution in [-0.4, -0.2) is 41.9 Å². The molecule has 122 valence electrons. The highest BCUT2D eigenvalue weighted by Crippen LogP contribution is 2.12. The lowest BCUT2D eigenvalue weighted by Crippen LogP contribution is -2.44. The first kappa shape index (κ1) is 17.9. The van der Waals surface area contributed by atoms with Crippen LogP contribution in [0, 0.1) is 0 Å². The molecule has 1 atom stereocenters. The summed E-state index contributed by atoms with van der Waals surface area (Å²) in [7, 11) is 1.24. The lowest BCUT2D eigenvalue weighted by molar-refractivity contribution is -0.172. The number of hydroxylamine groups is 2. The second-order valence-electron chi connectivity index (χ2n) is 4.69. The van der Waals surface area contributed by atoms with Gasteiger partial charge in [0.25, 0.3) is 0 Å². The maximum absolute atomic E-state index is 12.0. The van der Waals surface area contributed by atoms with Gasteiger partial charge in [-0.2, -0.15) is 5.06 Å².